The van der Waals surface area contributed by atoms with Crippen LogP contribution >= 0.6 is 0 Å². The van der Waals surface area contributed by atoms with Gasteiger partial charge in [-0.2, -0.15) is 4.31 Å². The van der Waals surface area contributed by atoms with Crippen molar-refractivity contribution in [1.29, 1.82) is 0 Å². The number of piperidine rings is 1. The molecule has 2 fully saturated rings. The molecule has 0 aromatic heterocycles. The number of nitrogens with one attached hydrogen (secondary N) is 1. The summed E-state index contributed by atoms with van der Waals surface area (Å²) in [6.45, 7) is 2.63. The summed E-state index contributed by atoms with van der Waals surface area (Å²) in [4.78, 5) is 15.4. The number of rotatable bonds is 3. The second-order valence-corrected chi connectivity index (χ2v) is 10.6. The number of hydrogen-bond donors (Lipinski definition) is 1. The fourth-order valence-electron chi connectivity index (χ4n) is 4.79. The molecule has 0 bridgehead atoms. The van der Waals surface area contributed by atoms with Crippen LogP contribution in [0.3, 0.4) is 0 Å². The van der Waals surface area contributed by atoms with Gasteiger partial charge in [0.05, 0.1) is 16.9 Å². The van der Waals surface area contributed by atoms with Crippen LogP contribution in [0.1, 0.15) is 55.3 Å². The summed E-state index contributed by atoms with van der Waals surface area (Å²) in [6, 6.07) is 10.5. The summed E-state index contributed by atoms with van der Waals surface area (Å²) in [7, 11) is -3.75. The molecule has 2 aromatic rings. The number of benzene rings is 2. The number of carbonyl (C=O) groups is 1. The average molecular weight is 456 g/mol. The zero-order chi connectivity index (χ0) is 22.1. The van der Waals surface area contributed by atoms with Crippen molar-refractivity contribution in [3.8, 4) is 11.5 Å². The van der Waals surface area contributed by atoms with Crippen LogP contribution in [-0.4, -0.2) is 44.8 Å². The molecule has 0 unspecified atom stereocenters. The van der Waals surface area contributed by atoms with E-state index in [2.05, 4.69) is 10.2 Å². The number of ether oxygens (including phenoxy) is 1. The maximum atomic E-state index is 13.8. The van der Waals surface area contributed by atoms with Crippen molar-refractivity contribution in [3.05, 3.63) is 42.0 Å². The smallest absolute Gasteiger partial charge is 0.259 e. The fraction of sp³-hybridized carbons (Fsp3) is 0.458. The summed E-state index contributed by atoms with van der Waals surface area (Å²) in [5.74, 6) is 0.581. The summed E-state index contributed by atoms with van der Waals surface area (Å²) in [6.07, 6.45) is 6.99. The number of sulfonamides is 1. The molecule has 1 N–H and O–H groups in total. The molecule has 170 valence electrons. The molecule has 7 nitrogen and oxygen atoms in total. The van der Waals surface area contributed by atoms with Gasteiger partial charge in [-0.25, -0.2) is 8.42 Å². The molecule has 2 aromatic carbocycles. The highest BCUT2D eigenvalue weighted by Gasteiger charge is 2.33. The van der Waals surface area contributed by atoms with Crippen LogP contribution in [-0.2, 0) is 10.0 Å². The number of anilines is 2. The van der Waals surface area contributed by atoms with Gasteiger partial charge in [-0.15, -0.1) is 0 Å². The van der Waals surface area contributed by atoms with Crippen LogP contribution < -0.4 is 15.0 Å². The largest absolute Gasteiger partial charge is 0.454 e. The van der Waals surface area contributed by atoms with Crippen molar-refractivity contribution in [2.75, 3.05) is 36.4 Å². The van der Waals surface area contributed by atoms with Crippen molar-refractivity contribution in [3.63, 3.8) is 0 Å². The zero-order valence-corrected chi connectivity index (χ0v) is 19.0. The molecule has 0 atom stereocenters. The number of nitrogens with zero attached hydrogens (tertiary/aromatic N) is 2. The maximum Gasteiger partial charge on any atom is 0.259 e. The van der Waals surface area contributed by atoms with Gasteiger partial charge in [0.25, 0.3) is 5.91 Å². The average Bonchev–Trinajstić information content (AvgIpc) is 3.17. The summed E-state index contributed by atoms with van der Waals surface area (Å²) >= 11 is 0. The Morgan fingerprint density at radius 1 is 0.812 bits per heavy atom. The predicted octanol–water partition coefficient (Wildman–Crippen LogP) is 4.60. The molecule has 0 radical (unpaired) electrons. The molecule has 3 aliphatic rings. The van der Waals surface area contributed by atoms with Gasteiger partial charge >= 0.3 is 0 Å². The second-order valence-electron chi connectivity index (χ2n) is 8.73. The van der Waals surface area contributed by atoms with Crippen molar-refractivity contribution in [2.45, 2.75) is 49.8 Å². The molecule has 0 aliphatic carbocycles. The van der Waals surface area contributed by atoms with E-state index in [1.54, 1.807) is 22.5 Å². The molecular formula is C24H29N3O4S. The predicted molar refractivity (Wildman–Crippen MR) is 124 cm³/mol. The van der Waals surface area contributed by atoms with Gasteiger partial charge in [0, 0.05) is 32.2 Å². The zero-order valence-electron chi connectivity index (χ0n) is 18.2. The van der Waals surface area contributed by atoms with Gasteiger partial charge in [0.1, 0.15) is 10.6 Å². The minimum atomic E-state index is -3.75. The molecule has 3 heterocycles. The highest BCUT2D eigenvalue weighted by atomic mass is 32.2. The van der Waals surface area contributed by atoms with E-state index in [0.29, 0.717) is 36.0 Å². The third-order valence-electron chi connectivity index (χ3n) is 6.54. The van der Waals surface area contributed by atoms with E-state index in [0.717, 1.165) is 58.0 Å². The Morgan fingerprint density at radius 2 is 1.47 bits per heavy atom. The molecule has 32 heavy (non-hydrogen) atoms. The monoisotopic (exact) mass is 455 g/mol. The lowest BCUT2D eigenvalue weighted by Gasteiger charge is -2.32. The molecule has 0 spiro atoms. The van der Waals surface area contributed by atoms with Crippen molar-refractivity contribution >= 4 is 27.3 Å². The Labute approximate surface area is 189 Å². The molecule has 5 rings (SSSR count). The number of para-hydroxylation sites is 2. The van der Waals surface area contributed by atoms with Crippen LogP contribution in [0.5, 0.6) is 11.5 Å². The van der Waals surface area contributed by atoms with Crippen LogP contribution in [0.2, 0.25) is 0 Å². The molecule has 8 heteroatoms. The van der Waals surface area contributed by atoms with E-state index in [1.807, 2.05) is 12.1 Å². The lowest BCUT2D eigenvalue weighted by Crippen LogP contribution is -2.35. The maximum absolute atomic E-state index is 13.8. The van der Waals surface area contributed by atoms with Gasteiger partial charge in [-0.05, 0) is 50.3 Å². The Balaban J connectivity index is 1.64. The molecule has 2 saturated heterocycles. The van der Waals surface area contributed by atoms with Crippen LogP contribution in [0.15, 0.2) is 41.3 Å². The standard InChI is InChI=1S/C24H29N3O4S/c28-24-18-16-23(32(29,30)27-14-8-1-2-9-15-27)20(26-12-6-3-7-13-26)17-22(18)31-21-11-5-4-10-19(21)25-24/h4-5,10-11,16-17H,1-3,6-9,12-15H2,(H,25,28). The number of fused-ring (bicyclic) bond motifs is 2. The summed E-state index contributed by atoms with van der Waals surface area (Å²) < 4.78 is 35.4. The molecule has 0 saturated carbocycles. The first kappa shape index (κ1) is 21.3. The van der Waals surface area contributed by atoms with E-state index in [-0.39, 0.29) is 16.4 Å². The summed E-state index contributed by atoms with van der Waals surface area (Å²) in [5.41, 5.74) is 1.46. The first-order chi connectivity index (χ1) is 15.5. The second kappa shape index (κ2) is 8.75. The van der Waals surface area contributed by atoms with E-state index in [1.165, 1.54) is 6.07 Å². The third kappa shape index (κ3) is 3.97. The van der Waals surface area contributed by atoms with Gasteiger partial charge in [0.15, 0.2) is 5.75 Å². The van der Waals surface area contributed by atoms with Crippen molar-refractivity contribution in [2.24, 2.45) is 0 Å². The van der Waals surface area contributed by atoms with Gasteiger partial charge in [-0.3, -0.25) is 4.79 Å². The minimum Gasteiger partial charge on any atom is -0.454 e. The summed E-state index contributed by atoms with van der Waals surface area (Å²) in [5, 5.41) is 2.86. The van der Waals surface area contributed by atoms with E-state index >= 15 is 0 Å². The minimum absolute atomic E-state index is 0.213. The lowest BCUT2D eigenvalue weighted by atomic mass is 10.1. The van der Waals surface area contributed by atoms with Crippen molar-refractivity contribution < 1.29 is 17.9 Å². The highest BCUT2D eigenvalue weighted by Crippen LogP contribution is 2.41. The highest BCUT2D eigenvalue weighted by molar-refractivity contribution is 7.89. The van der Waals surface area contributed by atoms with E-state index in [4.69, 9.17) is 4.74 Å². The number of hydrogen-bond acceptors (Lipinski definition) is 5. The van der Waals surface area contributed by atoms with E-state index in [9.17, 15) is 13.2 Å². The Hall–Kier alpha value is -2.58. The van der Waals surface area contributed by atoms with Crippen molar-refractivity contribution in [1.82, 2.24) is 4.31 Å². The number of carbonyl (C=O) groups excluding carboxylic acids is 1. The first-order valence-corrected chi connectivity index (χ1v) is 13.0. The van der Waals surface area contributed by atoms with Crippen LogP contribution in [0.4, 0.5) is 11.4 Å². The Morgan fingerprint density at radius 3 is 2.22 bits per heavy atom. The lowest BCUT2D eigenvalue weighted by molar-refractivity contribution is 0.102. The topological polar surface area (TPSA) is 79.0 Å². The van der Waals surface area contributed by atoms with Crippen LogP contribution in [0.25, 0.3) is 0 Å². The third-order valence-corrected chi connectivity index (χ3v) is 8.47. The van der Waals surface area contributed by atoms with E-state index < -0.39 is 10.0 Å². The SMILES string of the molecule is O=C1Nc2ccccc2Oc2cc(N3CCCCC3)c(S(=O)(=O)N3CCCCCC3)cc21. The molecule has 1 amide bonds. The van der Waals surface area contributed by atoms with Gasteiger partial charge < -0.3 is 15.0 Å². The van der Waals surface area contributed by atoms with Gasteiger partial charge in [-0.1, -0.05) is 25.0 Å². The molecular weight excluding hydrogens is 426 g/mol. The van der Waals surface area contributed by atoms with Gasteiger partial charge in [0.2, 0.25) is 10.0 Å². The first-order valence-electron chi connectivity index (χ1n) is 11.6. The molecule has 3 aliphatic heterocycles. The van der Waals surface area contributed by atoms with Crippen LogP contribution in [0, 0.1) is 0 Å². The Kier molecular flexibility index (Phi) is 5.82. The Bertz CT molecular complexity index is 1120. The quantitative estimate of drug-likeness (QED) is 0.732. The number of amides is 1. The normalized spacial score (nSPS) is 19.8. The fourth-order valence-corrected chi connectivity index (χ4v) is 6.52.